The van der Waals surface area contributed by atoms with Crippen molar-refractivity contribution in [2.45, 2.75) is 26.3 Å². The number of amides is 1. The Morgan fingerprint density at radius 1 is 1.42 bits per heavy atom. The molecule has 0 fully saturated rings. The lowest BCUT2D eigenvalue weighted by Gasteiger charge is -2.11. The average Bonchev–Trinajstić information content (AvgIpc) is 2.36. The lowest BCUT2D eigenvalue weighted by molar-refractivity contribution is -0.120. The molecule has 0 saturated heterocycles. The Hall–Kier alpha value is -1.62. The fraction of sp³-hybridized carbons (Fsp3) is 0.500. The largest absolute Gasteiger partial charge is 0.496 e. The molecule has 4 nitrogen and oxygen atoms in total. The third-order valence-corrected chi connectivity index (χ3v) is 2.63. The number of halogens is 1. The molecule has 1 aromatic carbocycles. The predicted molar refractivity (Wildman–Crippen MR) is 72.8 cm³/mol. The van der Waals surface area contributed by atoms with Crippen molar-refractivity contribution in [1.82, 2.24) is 10.6 Å². The van der Waals surface area contributed by atoms with Crippen LogP contribution >= 0.6 is 0 Å². The van der Waals surface area contributed by atoms with Gasteiger partial charge in [0, 0.05) is 12.6 Å². The van der Waals surface area contributed by atoms with Crippen molar-refractivity contribution < 1.29 is 13.9 Å². The molecule has 0 spiro atoms. The van der Waals surface area contributed by atoms with Gasteiger partial charge in [-0.3, -0.25) is 4.79 Å². The zero-order chi connectivity index (χ0) is 14.3. The maximum absolute atomic E-state index is 13.1. The van der Waals surface area contributed by atoms with Crippen LogP contribution in [0.3, 0.4) is 0 Å². The van der Waals surface area contributed by atoms with Gasteiger partial charge in [0.15, 0.2) is 0 Å². The van der Waals surface area contributed by atoms with Crippen LogP contribution in [0.2, 0.25) is 0 Å². The first kappa shape index (κ1) is 15.4. The van der Waals surface area contributed by atoms with E-state index in [0.29, 0.717) is 18.7 Å². The summed E-state index contributed by atoms with van der Waals surface area (Å²) >= 11 is 0. The number of rotatable bonds is 7. The number of carbonyl (C=O) groups excluding carboxylic acids is 1. The zero-order valence-electron chi connectivity index (χ0n) is 11.6. The lowest BCUT2D eigenvalue weighted by atomic mass is 10.1. The number of carbonyl (C=O) groups is 1. The van der Waals surface area contributed by atoms with Crippen LogP contribution in [0.5, 0.6) is 5.75 Å². The van der Waals surface area contributed by atoms with Crippen molar-refractivity contribution in [2.75, 3.05) is 20.2 Å². The van der Waals surface area contributed by atoms with Gasteiger partial charge in [0.25, 0.3) is 0 Å². The van der Waals surface area contributed by atoms with E-state index in [-0.39, 0.29) is 24.3 Å². The maximum atomic E-state index is 13.1. The molecule has 106 valence electrons. The van der Waals surface area contributed by atoms with Crippen LogP contribution < -0.4 is 15.4 Å². The number of nitrogens with one attached hydrogen (secondary N) is 2. The maximum Gasteiger partial charge on any atom is 0.233 e. The zero-order valence-corrected chi connectivity index (χ0v) is 11.6. The van der Waals surface area contributed by atoms with Crippen LogP contribution in [0.25, 0.3) is 0 Å². The third kappa shape index (κ3) is 5.70. The van der Waals surface area contributed by atoms with E-state index < -0.39 is 0 Å². The van der Waals surface area contributed by atoms with Crippen molar-refractivity contribution in [3.8, 4) is 5.75 Å². The Morgan fingerprint density at radius 3 is 2.79 bits per heavy atom. The van der Waals surface area contributed by atoms with Gasteiger partial charge in [-0.05, 0) is 30.2 Å². The summed E-state index contributed by atoms with van der Waals surface area (Å²) in [6.07, 6.45) is 0.536. The second-order valence-corrected chi connectivity index (χ2v) is 4.59. The summed E-state index contributed by atoms with van der Waals surface area (Å²) in [7, 11) is 1.54. The van der Waals surface area contributed by atoms with Gasteiger partial charge in [0.05, 0.1) is 13.7 Å². The molecule has 2 N–H and O–H groups in total. The molecule has 0 aliphatic heterocycles. The molecule has 19 heavy (non-hydrogen) atoms. The Labute approximate surface area is 113 Å². The summed E-state index contributed by atoms with van der Waals surface area (Å²) < 4.78 is 18.3. The first-order valence-electron chi connectivity index (χ1n) is 6.35. The number of ether oxygens (including phenoxy) is 1. The summed E-state index contributed by atoms with van der Waals surface area (Å²) in [5, 5.41) is 5.81. The van der Waals surface area contributed by atoms with E-state index in [1.165, 1.54) is 12.1 Å². The molecule has 0 unspecified atom stereocenters. The number of methoxy groups -OCH3 is 1. The summed E-state index contributed by atoms with van der Waals surface area (Å²) in [5.74, 6) is 0.267. The third-order valence-electron chi connectivity index (χ3n) is 2.63. The molecule has 0 saturated carbocycles. The number of hydrogen-bond donors (Lipinski definition) is 2. The van der Waals surface area contributed by atoms with E-state index in [2.05, 4.69) is 10.6 Å². The average molecular weight is 268 g/mol. The van der Waals surface area contributed by atoms with Gasteiger partial charge in [-0.25, -0.2) is 4.39 Å². The molecule has 0 aliphatic carbocycles. The Balaban J connectivity index is 2.40. The minimum atomic E-state index is -0.302. The highest BCUT2D eigenvalue weighted by molar-refractivity contribution is 5.78. The highest BCUT2D eigenvalue weighted by atomic mass is 19.1. The SMILES string of the molecule is COc1ccc(F)cc1CCNC(=O)CNC(C)C. The van der Waals surface area contributed by atoms with Gasteiger partial charge in [-0.2, -0.15) is 0 Å². The molecule has 0 aromatic heterocycles. The van der Waals surface area contributed by atoms with Gasteiger partial charge in [-0.15, -0.1) is 0 Å². The van der Waals surface area contributed by atoms with Crippen LogP contribution in [0.4, 0.5) is 4.39 Å². The molecule has 1 rings (SSSR count). The second kappa shape index (κ2) is 7.74. The Morgan fingerprint density at radius 2 is 2.16 bits per heavy atom. The molecular formula is C14H21FN2O2. The van der Waals surface area contributed by atoms with E-state index in [1.54, 1.807) is 13.2 Å². The highest BCUT2D eigenvalue weighted by Gasteiger charge is 2.06. The summed E-state index contributed by atoms with van der Waals surface area (Å²) in [6.45, 7) is 4.70. The standard InChI is InChI=1S/C14H21FN2O2/c1-10(2)17-9-14(18)16-7-6-11-8-12(15)4-5-13(11)19-3/h4-5,8,10,17H,6-7,9H2,1-3H3,(H,16,18). The van der Waals surface area contributed by atoms with Crippen molar-refractivity contribution >= 4 is 5.91 Å². The van der Waals surface area contributed by atoms with Gasteiger partial charge < -0.3 is 15.4 Å². The quantitative estimate of drug-likeness (QED) is 0.788. The molecule has 0 radical (unpaired) electrons. The minimum Gasteiger partial charge on any atom is -0.496 e. The fourth-order valence-electron chi connectivity index (χ4n) is 1.64. The van der Waals surface area contributed by atoms with Crippen molar-refractivity contribution in [2.24, 2.45) is 0 Å². The van der Waals surface area contributed by atoms with Gasteiger partial charge in [0.2, 0.25) is 5.91 Å². The van der Waals surface area contributed by atoms with Gasteiger partial charge >= 0.3 is 0 Å². The van der Waals surface area contributed by atoms with Crippen molar-refractivity contribution in [3.05, 3.63) is 29.6 Å². The first-order valence-corrected chi connectivity index (χ1v) is 6.35. The van der Waals surface area contributed by atoms with Crippen LogP contribution in [0, 0.1) is 5.82 Å². The summed E-state index contributed by atoms with van der Waals surface area (Å²) in [5.41, 5.74) is 0.750. The number of hydrogen-bond acceptors (Lipinski definition) is 3. The van der Waals surface area contributed by atoms with E-state index in [1.807, 2.05) is 13.8 Å². The molecule has 0 atom stereocenters. The molecular weight excluding hydrogens is 247 g/mol. The summed E-state index contributed by atoms with van der Waals surface area (Å²) in [6, 6.07) is 4.64. The van der Waals surface area contributed by atoms with Gasteiger partial charge in [-0.1, -0.05) is 13.8 Å². The Bertz CT molecular complexity index is 422. The highest BCUT2D eigenvalue weighted by Crippen LogP contribution is 2.19. The molecule has 1 aromatic rings. The predicted octanol–water partition coefficient (Wildman–Crippen LogP) is 1.49. The van der Waals surface area contributed by atoms with Crippen LogP contribution in [0.1, 0.15) is 19.4 Å². The minimum absolute atomic E-state index is 0.0657. The molecule has 5 heteroatoms. The van der Waals surface area contributed by atoms with Crippen LogP contribution in [0.15, 0.2) is 18.2 Å². The molecule has 1 amide bonds. The van der Waals surface area contributed by atoms with E-state index in [0.717, 1.165) is 5.56 Å². The van der Waals surface area contributed by atoms with E-state index in [9.17, 15) is 9.18 Å². The normalized spacial score (nSPS) is 10.6. The van der Waals surface area contributed by atoms with Crippen molar-refractivity contribution in [1.29, 1.82) is 0 Å². The first-order chi connectivity index (χ1) is 9.02. The van der Waals surface area contributed by atoms with Crippen molar-refractivity contribution in [3.63, 3.8) is 0 Å². The summed E-state index contributed by atoms with van der Waals surface area (Å²) in [4.78, 5) is 11.5. The number of benzene rings is 1. The van der Waals surface area contributed by atoms with E-state index in [4.69, 9.17) is 4.74 Å². The monoisotopic (exact) mass is 268 g/mol. The Kier molecular flexibility index (Phi) is 6.29. The topological polar surface area (TPSA) is 50.4 Å². The molecule has 0 aliphatic rings. The molecule has 0 heterocycles. The second-order valence-electron chi connectivity index (χ2n) is 4.59. The smallest absolute Gasteiger partial charge is 0.233 e. The van der Waals surface area contributed by atoms with Crippen LogP contribution in [-0.4, -0.2) is 32.1 Å². The molecule has 0 bridgehead atoms. The lowest BCUT2D eigenvalue weighted by Crippen LogP contribution is -2.37. The fourth-order valence-corrected chi connectivity index (χ4v) is 1.64. The van der Waals surface area contributed by atoms with E-state index >= 15 is 0 Å². The van der Waals surface area contributed by atoms with Gasteiger partial charge in [0.1, 0.15) is 11.6 Å². The van der Waals surface area contributed by atoms with Crippen LogP contribution in [-0.2, 0) is 11.2 Å².